The van der Waals surface area contributed by atoms with E-state index in [0.717, 1.165) is 19.3 Å². The molecule has 1 aliphatic carbocycles. The lowest BCUT2D eigenvalue weighted by Gasteiger charge is -2.28. The molecule has 0 spiro atoms. The van der Waals surface area contributed by atoms with Gasteiger partial charge in [0.1, 0.15) is 17.9 Å². The van der Waals surface area contributed by atoms with E-state index in [2.05, 4.69) is 5.09 Å². The molecule has 2 rings (SSSR count). The zero-order valence-corrected chi connectivity index (χ0v) is 13.6. The summed E-state index contributed by atoms with van der Waals surface area (Å²) in [4.78, 5) is 12.0. The van der Waals surface area contributed by atoms with Crippen LogP contribution in [0.15, 0.2) is 30.3 Å². The molecule has 0 heterocycles. The molecule has 3 N–H and O–H groups in total. The van der Waals surface area contributed by atoms with E-state index in [4.69, 9.17) is 15.0 Å². The lowest BCUT2D eigenvalue weighted by Crippen LogP contribution is -2.39. The molecule has 6 nitrogen and oxygen atoms in total. The maximum atomic E-state index is 12.8. The first-order chi connectivity index (χ1) is 10.5. The van der Waals surface area contributed by atoms with Crippen molar-refractivity contribution in [2.45, 2.75) is 38.3 Å². The summed E-state index contributed by atoms with van der Waals surface area (Å²) in [5.74, 6) is 0.0740. The van der Waals surface area contributed by atoms with Gasteiger partial charge < -0.3 is 15.0 Å². The van der Waals surface area contributed by atoms with Gasteiger partial charge in [0.25, 0.3) is 0 Å². The number of rotatable bonds is 8. The Morgan fingerprint density at radius 3 is 2.64 bits per heavy atom. The van der Waals surface area contributed by atoms with Gasteiger partial charge in [-0.2, -0.15) is 0 Å². The summed E-state index contributed by atoms with van der Waals surface area (Å²) in [6.07, 6.45) is 3.03. The molecule has 7 heteroatoms. The normalized spacial score (nSPS) is 18.8. The number of nitrogens with two attached hydrogens (primary N) is 1. The zero-order valence-electron chi connectivity index (χ0n) is 12.7. The van der Waals surface area contributed by atoms with E-state index in [9.17, 15) is 9.36 Å². The molecule has 1 aromatic rings. The van der Waals surface area contributed by atoms with Crippen molar-refractivity contribution in [2.24, 2.45) is 5.73 Å². The number of para-hydroxylation sites is 1. The van der Waals surface area contributed by atoms with Crippen LogP contribution in [-0.2, 0) is 14.1 Å². The number of nitrogens with one attached hydrogen (secondary N) is 1. The molecular formula is C15H23N2O4P. The Bertz CT molecular complexity index is 534. The van der Waals surface area contributed by atoms with E-state index >= 15 is 0 Å². The van der Waals surface area contributed by atoms with E-state index in [1.165, 1.54) is 0 Å². The van der Waals surface area contributed by atoms with Crippen LogP contribution in [0.3, 0.4) is 0 Å². The largest absolute Gasteiger partial charge is 0.461 e. The van der Waals surface area contributed by atoms with Crippen LogP contribution in [0.5, 0.6) is 5.75 Å². The molecule has 1 aromatic carbocycles. The first-order valence-corrected chi connectivity index (χ1v) is 9.35. The maximum absolute atomic E-state index is 12.8. The van der Waals surface area contributed by atoms with E-state index in [0.29, 0.717) is 5.75 Å². The Hall–Kier alpha value is -1.36. The van der Waals surface area contributed by atoms with Crippen molar-refractivity contribution in [2.75, 3.05) is 12.7 Å². The lowest BCUT2D eigenvalue weighted by atomic mass is 9.96. The van der Waals surface area contributed by atoms with Gasteiger partial charge in [-0.3, -0.25) is 9.36 Å². The molecule has 0 bridgehead atoms. The van der Waals surface area contributed by atoms with Gasteiger partial charge in [-0.05, 0) is 38.3 Å². The minimum Gasteiger partial charge on any atom is -0.461 e. The Labute approximate surface area is 130 Å². The van der Waals surface area contributed by atoms with Gasteiger partial charge in [0, 0.05) is 6.54 Å². The summed E-state index contributed by atoms with van der Waals surface area (Å²) in [5, 5.41) is 2.77. The third kappa shape index (κ3) is 4.83. The van der Waals surface area contributed by atoms with Gasteiger partial charge in [0.15, 0.2) is 0 Å². The fourth-order valence-electron chi connectivity index (χ4n) is 2.06. The average Bonchev–Trinajstić information content (AvgIpc) is 2.43. The van der Waals surface area contributed by atoms with E-state index in [1.807, 2.05) is 6.07 Å². The Kier molecular flexibility index (Phi) is 6.00. The summed E-state index contributed by atoms with van der Waals surface area (Å²) in [7, 11) is -3.26. The van der Waals surface area contributed by atoms with Gasteiger partial charge in [-0.15, -0.1) is 0 Å². The molecular weight excluding hydrogens is 303 g/mol. The van der Waals surface area contributed by atoms with Crippen LogP contribution in [-0.4, -0.2) is 30.8 Å². The number of ether oxygens (including phenoxy) is 1. The van der Waals surface area contributed by atoms with Gasteiger partial charge >= 0.3 is 13.5 Å². The minimum atomic E-state index is -3.26. The lowest BCUT2D eigenvalue weighted by molar-refractivity contribution is -0.154. The second-order valence-electron chi connectivity index (χ2n) is 5.43. The number of esters is 1. The Morgan fingerprint density at radius 1 is 1.41 bits per heavy atom. The molecule has 22 heavy (non-hydrogen) atoms. The van der Waals surface area contributed by atoms with Crippen molar-refractivity contribution < 1.29 is 18.6 Å². The maximum Gasteiger partial charge on any atom is 0.323 e. The summed E-state index contributed by atoms with van der Waals surface area (Å²) in [5.41, 5.74) is 5.52. The Balaban J connectivity index is 1.96. The fraction of sp³-hybridized carbons (Fsp3) is 0.533. The van der Waals surface area contributed by atoms with Gasteiger partial charge in [-0.25, -0.2) is 5.09 Å². The average molecular weight is 326 g/mol. The van der Waals surface area contributed by atoms with Crippen LogP contribution in [0, 0.1) is 0 Å². The van der Waals surface area contributed by atoms with Crippen LogP contribution >= 0.6 is 7.52 Å². The highest BCUT2D eigenvalue weighted by Gasteiger charge is 2.31. The quantitative estimate of drug-likeness (QED) is 0.563. The van der Waals surface area contributed by atoms with E-state index in [1.54, 1.807) is 31.2 Å². The molecule has 1 aliphatic rings. The first kappa shape index (κ1) is 17.0. The zero-order chi connectivity index (χ0) is 16.0. The molecule has 0 amide bonds. The molecule has 0 aliphatic heterocycles. The van der Waals surface area contributed by atoms with Crippen molar-refractivity contribution in [1.82, 2.24) is 5.09 Å². The minimum absolute atomic E-state index is 0.000635. The molecule has 0 saturated heterocycles. The molecule has 2 unspecified atom stereocenters. The second-order valence-corrected chi connectivity index (χ2v) is 7.67. The van der Waals surface area contributed by atoms with E-state index < -0.39 is 19.5 Å². The fourth-order valence-corrected chi connectivity index (χ4v) is 3.83. The highest BCUT2D eigenvalue weighted by Crippen LogP contribution is 2.43. The first-order valence-electron chi connectivity index (χ1n) is 7.54. The number of hydrogen-bond donors (Lipinski definition) is 2. The number of carbonyl (C=O) groups excluding carboxylic acids is 1. The van der Waals surface area contributed by atoms with Crippen molar-refractivity contribution in [3.05, 3.63) is 30.3 Å². The predicted molar refractivity (Wildman–Crippen MR) is 84.9 cm³/mol. The highest BCUT2D eigenvalue weighted by atomic mass is 31.2. The monoisotopic (exact) mass is 326 g/mol. The molecule has 0 radical (unpaired) electrons. The number of carbonyl (C=O) groups is 1. The third-order valence-corrected chi connectivity index (χ3v) is 5.63. The van der Waals surface area contributed by atoms with Gasteiger partial charge in [-0.1, -0.05) is 18.2 Å². The molecule has 2 atom stereocenters. The molecule has 1 fully saturated rings. The third-order valence-electron chi connectivity index (χ3n) is 3.50. The summed E-state index contributed by atoms with van der Waals surface area (Å²) in [6.45, 7) is 1.82. The van der Waals surface area contributed by atoms with Crippen molar-refractivity contribution in [3.8, 4) is 5.75 Å². The van der Waals surface area contributed by atoms with Crippen LogP contribution in [0.1, 0.15) is 26.2 Å². The van der Waals surface area contributed by atoms with Crippen molar-refractivity contribution in [3.63, 3.8) is 0 Å². The summed E-state index contributed by atoms with van der Waals surface area (Å²) >= 11 is 0. The molecule has 0 aromatic heterocycles. The molecule has 1 saturated carbocycles. The molecule has 122 valence electrons. The Morgan fingerprint density at radius 2 is 2.09 bits per heavy atom. The van der Waals surface area contributed by atoms with Crippen LogP contribution < -0.4 is 15.3 Å². The highest BCUT2D eigenvalue weighted by molar-refractivity contribution is 7.57. The van der Waals surface area contributed by atoms with Crippen LogP contribution in [0.2, 0.25) is 0 Å². The second kappa shape index (κ2) is 7.77. The van der Waals surface area contributed by atoms with E-state index in [-0.39, 0.29) is 18.8 Å². The van der Waals surface area contributed by atoms with Crippen LogP contribution in [0.25, 0.3) is 0 Å². The standard InChI is InChI=1S/C15H23N2O4P/c1-12(15(18)20-13-8-5-9-13)17-22(19,11-10-16)21-14-6-3-2-4-7-14/h2-4,6-7,12-13H,5,8-11,16H2,1H3,(H,17,19). The smallest absolute Gasteiger partial charge is 0.323 e. The van der Waals surface area contributed by atoms with Crippen LogP contribution in [0.4, 0.5) is 0 Å². The summed E-state index contributed by atoms with van der Waals surface area (Å²) in [6, 6.07) is 8.13. The summed E-state index contributed by atoms with van der Waals surface area (Å²) < 4.78 is 23.7. The topological polar surface area (TPSA) is 90.7 Å². The van der Waals surface area contributed by atoms with Crippen molar-refractivity contribution in [1.29, 1.82) is 0 Å². The van der Waals surface area contributed by atoms with Gasteiger partial charge in [0.2, 0.25) is 0 Å². The SMILES string of the molecule is CC(NP(=O)(CCN)Oc1ccccc1)C(=O)OC1CCC1. The predicted octanol–water partition coefficient (Wildman–Crippen LogP) is 2.29. The van der Waals surface area contributed by atoms with Gasteiger partial charge in [0.05, 0.1) is 6.16 Å². The number of benzene rings is 1. The van der Waals surface area contributed by atoms with Crippen molar-refractivity contribution >= 4 is 13.5 Å². The number of hydrogen-bond acceptors (Lipinski definition) is 5.